The van der Waals surface area contributed by atoms with Gasteiger partial charge in [-0.15, -0.1) is 11.3 Å². The number of nitrogens with one attached hydrogen (secondary N) is 1. The summed E-state index contributed by atoms with van der Waals surface area (Å²) in [6.07, 6.45) is 5.28. The molecule has 2 heteroatoms. The Kier molecular flexibility index (Phi) is 6.07. The summed E-state index contributed by atoms with van der Waals surface area (Å²) in [5.74, 6) is 0. The van der Waals surface area contributed by atoms with Gasteiger partial charge in [-0.25, -0.2) is 0 Å². The third kappa shape index (κ3) is 4.26. The van der Waals surface area contributed by atoms with Gasteiger partial charge in [-0.1, -0.05) is 33.6 Å². The molecule has 0 saturated heterocycles. The lowest BCUT2D eigenvalue weighted by atomic mass is 10.1. The summed E-state index contributed by atoms with van der Waals surface area (Å²) in [4.78, 5) is 1.59. The molecule has 0 aliphatic heterocycles. The number of hydrogen-bond donors (Lipinski definition) is 1. The van der Waals surface area contributed by atoms with E-state index in [9.17, 15) is 0 Å². The molecule has 92 valence electrons. The van der Waals surface area contributed by atoms with Crippen LogP contribution in [-0.4, -0.2) is 6.04 Å². The van der Waals surface area contributed by atoms with E-state index in [0.29, 0.717) is 6.04 Å². The minimum absolute atomic E-state index is 0.572. The van der Waals surface area contributed by atoms with Crippen molar-refractivity contribution in [2.75, 3.05) is 0 Å². The summed E-state index contributed by atoms with van der Waals surface area (Å²) < 4.78 is 0. The van der Waals surface area contributed by atoms with Crippen molar-refractivity contribution in [2.45, 2.75) is 66.0 Å². The molecule has 0 unspecified atom stereocenters. The van der Waals surface area contributed by atoms with E-state index in [1.165, 1.54) is 36.8 Å². The predicted molar refractivity (Wildman–Crippen MR) is 74.3 cm³/mol. The number of thiophene rings is 1. The van der Waals surface area contributed by atoms with Gasteiger partial charge in [0, 0.05) is 17.5 Å². The summed E-state index contributed by atoms with van der Waals surface area (Å²) in [6.45, 7) is 9.95. The fraction of sp³-hybridized carbons (Fsp3) is 0.714. The lowest BCUT2D eigenvalue weighted by Gasteiger charge is -2.08. The molecule has 0 bridgehead atoms. The first kappa shape index (κ1) is 13.7. The van der Waals surface area contributed by atoms with Crippen LogP contribution in [0, 0.1) is 6.92 Å². The zero-order valence-electron chi connectivity index (χ0n) is 11.1. The molecule has 0 aromatic carbocycles. The van der Waals surface area contributed by atoms with Crippen LogP contribution in [0.15, 0.2) is 5.38 Å². The Balaban J connectivity index is 2.48. The Morgan fingerprint density at radius 1 is 1.31 bits per heavy atom. The van der Waals surface area contributed by atoms with Crippen molar-refractivity contribution in [1.29, 1.82) is 0 Å². The highest BCUT2D eigenvalue weighted by molar-refractivity contribution is 7.10. The molecule has 1 nitrogen and oxygen atoms in total. The maximum absolute atomic E-state index is 3.49. The highest BCUT2D eigenvalue weighted by Gasteiger charge is 2.07. The Bertz CT molecular complexity index is 302. The molecule has 1 aromatic rings. The van der Waals surface area contributed by atoms with Crippen molar-refractivity contribution in [3.63, 3.8) is 0 Å². The van der Waals surface area contributed by atoms with Crippen molar-refractivity contribution in [3.05, 3.63) is 21.4 Å². The van der Waals surface area contributed by atoms with Gasteiger partial charge in [0.2, 0.25) is 0 Å². The summed E-state index contributed by atoms with van der Waals surface area (Å²) >= 11 is 1.94. The van der Waals surface area contributed by atoms with E-state index < -0.39 is 0 Å². The van der Waals surface area contributed by atoms with E-state index in [2.05, 4.69) is 38.4 Å². The standard InChI is InChI=1S/C14H25NS/c1-5-6-7-8-14-12(4)13(10-16-14)9-15-11(2)3/h10-11,15H,5-9H2,1-4H3. The first-order chi connectivity index (χ1) is 7.65. The van der Waals surface area contributed by atoms with Crippen LogP contribution in [0.5, 0.6) is 0 Å². The fourth-order valence-electron chi connectivity index (χ4n) is 1.77. The van der Waals surface area contributed by atoms with Gasteiger partial charge in [-0.05, 0) is 36.3 Å². The van der Waals surface area contributed by atoms with E-state index in [4.69, 9.17) is 0 Å². The van der Waals surface area contributed by atoms with E-state index in [1.54, 1.807) is 4.88 Å². The molecule has 0 atom stereocenters. The van der Waals surface area contributed by atoms with E-state index in [1.807, 2.05) is 11.3 Å². The monoisotopic (exact) mass is 239 g/mol. The number of rotatable bonds is 7. The predicted octanol–water partition coefficient (Wildman–Crippen LogP) is 4.29. The third-order valence-corrected chi connectivity index (χ3v) is 4.15. The average Bonchev–Trinajstić information content (AvgIpc) is 2.58. The molecule has 0 amide bonds. The van der Waals surface area contributed by atoms with Crippen molar-refractivity contribution in [3.8, 4) is 0 Å². The van der Waals surface area contributed by atoms with Gasteiger partial charge in [0.1, 0.15) is 0 Å². The molecule has 0 saturated carbocycles. The summed E-state index contributed by atoms with van der Waals surface area (Å²) in [5, 5.41) is 5.82. The Morgan fingerprint density at radius 2 is 2.06 bits per heavy atom. The van der Waals surface area contributed by atoms with Gasteiger partial charge in [0.25, 0.3) is 0 Å². The van der Waals surface area contributed by atoms with Crippen LogP contribution < -0.4 is 5.32 Å². The molecule has 0 spiro atoms. The smallest absolute Gasteiger partial charge is 0.0218 e. The molecule has 0 aliphatic rings. The topological polar surface area (TPSA) is 12.0 Å². The molecular weight excluding hydrogens is 214 g/mol. The van der Waals surface area contributed by atoms with Crippen molar-refractivity contribution in [1.82, 2.24) is 5.32 Å². The van der Waals surface area contributed by atoms with Crippen LogP contribution in [0.1, 0.15) is 56.0 Å². The average molecular weight is 239 g/mol. The van der Waals surface area contributed by atoms with Crippen LogP contribution in [0.25, 0.3) is 0 Å². The zero-order chi connectivity index (χ0) is 12.0. The van der Waals surface area contributed by atoms with Crippen LogP contribution in [-0.2, 0) is 13.0 Å². The fourth-order valence-corrected chi connectivity index (χ4v) is 2.88. The van der Waals surface area contributed by atoms with Crippen molar-refractivity contribution >= 4 is 11.3 Å². The highest BCUT2D eigenvalue weighted by Crippen LogP contribution is 2.23. The Hall–Kier alpha value is -0.340. The quantitative estimate of drug-likeness (QED) is 0.700. The van der Waals surface area contributed by atoms with Gasteiger partial charge >= 0.3 is 0 Å². The zero-order valence-corrected chi connectivity index (χ0v) is 11.9. The van der Waals surface area contributed by atoms with Gasteiger partial charge in [0.15, 0.2) is 0 Å². The summed E-state index contributed by atoms with van der Waals surface area (Å²) in [5.41, 5.74) is 3.01. The van der Waals surface area contributed by atoms with Gasteiger partial charge in [-0.3, -0.25) is 0 Å². The van der Waals surface area contributed by atoms with Gasteiger partial charge in [0.05, 0.1) is 0 Å². The maximum atomic E-state index is 3.49. The lowest BCUT2D eigenvalue weighted by molar-refractivity contribution is 0.588. The van der Waals surface area contributed by atoms with Crippen LogP contribution >= 0.6 is 11.3 Å². The molecule has 1 N–H and O–H groups in total. The summed E-state index contributed by atoms with van der Waals surface area (Å²) in [7, 11) is 0. The number of hydrogen-bond acceptors (Lipinski definition) is 2. The SMILES string of the molecule is CCCCCc1scc(CNC(C)C)c1C. The van der Waals surface area contributed by atoms with E-state index in [0.717, 1.165) is 6.54 Å². The molecule has 0 fully saturated rings. The lowest BCUT2D eigenvalue weighted by Crippen LogP contribution is -2.21. The summed E-state index contributed by atoms with van der Waals surface area (Å²) in [6, 6.07) is 0.572. The third-order valence-electron chi connectivity index (χ3n) is 2.95. The first-order valence-corrected chi connectivity index (χ1v) is 7.32. The van der Waals surface area contributed by atoms with Crippen LogP contribution in [0.2, 0.25) is 0 Å². The normalized spacial score (nSPS) is 11.3. The molecule has 1 rings (SSSR count). The van der Waals surface area contributed by atoms with Crippen LogP contribution in [0.4, 0.5) is 0 Å². The van der Waals surface area contributed by atoms with Gasteiger partial charge < -0.3 is 5.32 Å². The van der Waals surface area contributed by atoms with Crippen molar-refractivity contribution < 1.29 is 0 Å². The van der Waals surface area contributed by atoms with Crippen LogP contribution in [0.3, 0.4) is 0 Å². The highest BCUT2D eigenvalue weighted by atomic mass is 32.1. The van der Waals surface area contributed by atoms with E-state index in [-0.39, 0.29) is 0 Å². The maximum Gasteiger partial charge on any atom is 0.0218 e. The second kappa shape index (κ2) is 7.08. The molecule has 0 radical (unpaired) electrons. The number of aryl methyl sites for hydroxylation is 1. The minimum Gasteiger partial charge on any atom is -0.310 e. The molecule has 16 heavy (non-hydrogen) atoms. The van der Waals surface area contributed by atoms with Crippen molar-refractivity contribution in [2.24, 2.45) is 0 Å². The Morgan fingerprint density at radius 3 is 2.69 bits per heavy atom. The van der Waals surface area contributed by atoms with Gasteiger partial charge in [-0.2, -0.15) is 0 Å². The second-order valence-electron chi connectivity index (χ2n) is 4.80. The molecular formula is C14H25NS. The second-order valence-corrected chi connectivity index (χ2v) is 5.77. The molecule has 1 aromatic heterocycles. The first-order valence-electron chi connectivity index (χ1n) is 6.44. The molecule has 1 heterocycles. The molecule has 0 aliphatic carbocycles. The Labute approximate surface area is 104 Å². The largest absolute Gasteiger partial charge is 0.310 e. The number of unbranched alkanes of at least 4 members (excludes halogenated alkanes) is 2. The van der Waals surface area contributed by atoms with E-state index >= 15 is 0 Å². The minimum atomic E-state index is 0.572.